The normalized spacial score (nSPS) is 14.1. The molecule has 2 heteroatoms. The van der Waals surface area contributed by atoms with Crippen LogP contribution in [-0.4, -0.2) is 0 Å². The highest BCUT2D eigenvalue weighted by Crippen LogP contribution is 2.52. The van der Waals surface area contributed by atoms with Gasteiger partial charge in [-0.15, -0.1) is 0 Å². The summed E-state index contributed by atoms with van der Waals surface area (Å²) < 4.78 is 0. The highest BCUT2D eigenvalue weighted by molar-refractivity contribution is 6.24. The standard InChI is InChI=1S/C66H50N2/c1-3-19-45(20-4-1)53-27-11-13-29-55(53)65-57-41-39-52(68-63-33-17-9-25-49(63)37-38-50-26-10-18-34-64(50)68)44-60(57)66(56-30-14-12-28-54(56)46-21-5-2-6-22-46)58-42-40-51(43-59(58)65)67-61-31-15-7-23-47(61)35-36-48-24-8-16-32-62(48)67/h1-5,7-21,23-34,39-44H,6,22,35-38H2. The van der Waals surface area contributed by atoms with Crippen molar-refractivity contribution in [2.24, 2.45) is 0 Å². The van der Waals surface area contributed by atoms with Gasteiger partial charge in [0.15, 0.2) is 0 Å². The minimum Gasteiger partial charge on any atom is -0.310 e. The molecule has 0 bridgehead atoms. The molecular weight excluding hydrogens is 821 g/mol. The Hall–Kier alpha value is -8.20. The molecule has 10 aromatic rings. The van der Waals surface area contributed by atoms with Crippen molar-refractivity contribution >= 4 is 61.2 Å². The minimum absolute atomic E-state index is 0.998. The number of rotatable bonds is 6. The van der Waals surface area contributed by atoms with Gasteiger partial charge in [0.1, 0.15) is 0 Å². The van der Waals surface area contributed by atoms with E-state index in [1.807, 2.05) is 0 Å². The Labute approximate surface area is 399 Å². The van der Waals surface area contributed by atoms with E-state index in [0.29, 0.717) is 0 Å². The summed E-state index contributed by atoms with van der Waals surface area (Å²) in [7, 11) is 0. The van der Waals surface area contributed by atoms with Crippen molar-refractivity contribution in [2.45, 2.75) is 38.5 Å². The summed E-state index contributed by atoms with van der Waals surface area (Å²) in [6.07, 6.45) is 12.9. The molecule has 13 rings (SSSR count). The number of aryl methyl sites for hydroxylation is 4. The second-order valence-corrected chi connectivity index (χ2v) is 18.5. The maximum Gasteiger partial charge on any atom is 0.0493 e. The summed E-state index contributed by atoms with van der Waals surface area (Å²) in [5.41, 5.74) is 22.9. The highest BCUT2D eigenvalue weighted by Gasteiger charge is 2.28. The van der Waals surface area contributed by atoms with Gasteiger partial charge in [-0.3, -0.25) is 0 Å². The molecule has 0 aromatic heterocycles. The average Bonchev–Trinajstić information content (AvgIpc) is 3.69. The summed E-state index contributed by atoms with van der Waals surface area (Å²) in [5, 5.41) is 4.95. The molecule has 0 amide bonds. The Morgan fingerprint density at radius 3 is 1.16 bits per heavy atom. The summed E-state index contributed by atoms with van der Waals surface area (Å²) in [6.45, 7) is 0. The first-order valence-electron chi connectivity index (χ1n) is 24.3. The number of para-hydroxylation sites is 4. The van der Waals surface area contributed by atoms with Gasteiger partial charge in [-0.05, 0) is 175 Å². The van der Waals surface area contributed by atoms with Gasteiger partial charge in [0.2, 0.25) is 0 Å². The molecule has 0 saturated heterocycles. The number of fused-ring (bicyclic) bond motifs is 6. The predicted molar refractivity (Wildman–Crippen MR) is 288 cm³/mol. The SMILES string of the molecule is C1=CCCC(c2ccccc2-c2c3cc(N4c5ccccc5CCc5ccccc54)ccc3c(-c3ccccc3-c3ccccc3)c3cc(N4c5ccccc5CCc5ccccc54)ccc23)=C1. The number of anilines is 6. The van der Waals surface area contributed by atoms with Crippen LogP contribution in [0.15, 0.2) is 231 Å². The Morgan fingerprint density at radius 1 is 0.309 bits per heavy atom. The monoisotopic (exact) mass is 870 g/mol. The van der Waals surface area contributed by atoms with Crippen molar-refractivity contribution in [3.05, 3.63) is 258 Å². The fourth-order valence-electron chi connectivity index (χ4n) is 11.6. The number of nitrogens with zero attached hydrogens (tertiary/aromatic N) is 2. The third-order valence-electron chi connectivity index (χ3n) is 14.7. The Morgan fingerprint density at radius 2 is 0.706 bits per heavy atom. The second kappa shape index (κ2) is 16.9. The van der Waals surface area contributed by atoms with Crippen LogP contribution in [0.25, 0.3) is 60.5 Å². The van der Waals surface area contributed by atoms with Gasteiger partial charge in [0, 0.05) is 34.1 Å². The molecule has 0 N–H and O–H groups in total. The fourth-order valence-corrected chi connectivity index (χ4v) is 11.6. The van der Waals surface area contributed by atoms with Gasteiger partial charge in [0.25, 0.3) is 0 Å². The molecule has 2 aliphatic heterocycles. The van der Waals surface area contributed by atoms with Gasteiger partial charge in [-0.25, -0.2) is 0 Å². The summed E-state index contributed by atoms with van der Waals surface area (Å²) >= 11 is 0. The first-order valence-corrected chi connectivity index (χ1v) is 24.3. The maximum atomic E-state index is 2.53. The summed E-state index contributed by atoms with van der Waals surface area (Å²) in [6, 6.07) is 79.9. The van der Waals surface area contributed by atoms with Crippen LogP contribution in [-0.2, 0) is 25.7 Å². The van der Waals surface area contributed by atoms with Crippen molar-refractivity contribution in [2.75, 3.05) is 9.80 Å². The molecule has 324 valence electrons. The maximum absolute atomic E-state index is 2.53. The van der Waals surface area contributed by atoms with Crippen LogP contribution in [0.5, 0.6) is 0 Å². The molecular formula is C66H50N2. The molecule has 2 heterocycles. The second-order valence-electron chi connectivity index (χ2n) is 18.5. The molecule has 0 unspecified atom stereocenters. The molecule has 0 atom stereocenters. The van der Waals surface area contributed by atoms with Crippen LogP contribution in [0.2, 0.25) is 0 Å². The van der Waals surface area contributed by atoms with Crippen molar-refractivity contribution < 1.29 is 0 Å². The number of benzene rings is 10. The zero-order valence-corrected chi connectivity index (χ0v) is 38.1. The van der Waals surface area contributed by atoms with Crippen LogP contribution >= 0.6 is 0 Å². The molecule has 0 fully saturated rings. The lowest BCUT2D eigenvalue weighted by Gasteiger charge is -2.30. The first kappa shape index (κ1) is 40.1. The van der Waals surface area contributed by atoms with E-state index in [1.54, 1.807) is 0 Å². The molecule has 68 heavy (non-hydrogen) atoms. The Bertz CT molecular complexity index is 3550. The number of hydrogen-bond acceptors (Lipinski definition) is 2. The van der Waals surface area contributed by atoms with E-state index >= 15 is 0 Å². The molecule has 0 saturated carbocycles. The van der Waals surface area contributed by atoms with E-state index in [0.717, 1.165) is 49.9 Å². The quantitative estimate of drug-likeness (QED) is 0.154. The van der Waals surface area contributed by atoms with E-state index in [4.69, 9.17) is 0 Å². The Kier molecular flexibility index (Phi) is 9.97. The minimum atomic E-state index is 0.998. The van der Waals surface area contributed by atoms with Gasteiger partial charge < -0.3 is 9.80 Å². The van der Waals surface area contributed by atoms with Gasteiger partial charge in [-0.1, -0.05) is 182 Å². The van der Waals surface area contributed by atoms with Crippen LogP contribution in [0.4, 0.5) is 34.1 Å². The van der Waals surface area contributed by atoms with E-state index in [-0.39, 0.29) is 0 Å². The topological polar surface area (TPSA) is 6.48 Å². The summed E-state index contributed by atoms with van der Waals surface area (Å²) in [4.78, 5) is 5.05. The third-order valence-corrected chi connectivity index (χ3v) is 14.7. The lowest BCUT2D eigenvalue weighted by molar-refractivity contribution is 0.977. The fraction of sp³-hybridized carbons (Fsp3) is 0.0909. The first-order chi connectivity index (χ1) is 33.8. The van der Waals surface area contributed by atoms with Crippen LogP contribution < -0.4 is 9.80 Å². The van der Waals surface area contributed by atoms with Crippen molar-refractivity contribution in [1.82, 2.24) is 0 Å². The molecule has 1 aliphatic carbocycles. The predicted octanol–water partition coefficient (Wildman–Crippen LogP) is 17.9. The highest BCUT2D eigenvalue weighted by atomic mass is 15.2. The van der Waals surface area contributed by atoms with E-state index in [2.05, 4.69) is 240 Å². The van der Waals surface area contributed by atoms with E-state index in [1.165, 1.54) is 111 Å². The van der Waals surface area contributed by atoms with Crippen LogP contribution in [0.1, 0.15) is 40.7 Å². The molecule has 0 spiro atoms. The largest absolute Gasteiger partial charge is 0.310 e. The van der Waals surface area contributed by atoms with E-state index in [9.17, 15) is 0 Å². The van der Waals surface area contributed by atoms with Gasteiger partial charge in [0.05, 0.1) is 0 Å². The number of hydrogen-bond donors (Lipinski definition) is 0. The zero-order valence-electron chi connectivity index (χ0n) is 38.1. The third kappa shape index (κ3) is 6.78. The molecule has 10 aromatic carbocycles. The lowest BCUT2D eigenvalue weighted by Crippen LogP contribution is -2.12. The van der Waals surface area contributed by atoms with Crippen LogP contribution in [0, 0.1) is 0 Å². The molecule has 0 radical (unpaired) electrons. The number of allylic oxidation sites excluding steroid dienone is 4. The average molecular weight is 871 g/mol. The molecule has 2 nitrogen and oxygen atoms in total. The van der Waals surface area contributed by atoms with Crippen LogP contribution in [0.3, 0.4) is 0 Å². The smallest absolute Gasteiger partial charge is 0.0493 e. The lowest BCUT2D eigenvalue weighted by atomic mass is 9.81. The van der Waals surface area contributed by atoms with Crippen molar-refractivity contribution in [3.63, 3.8) is 0 Å². The van der Waals surface area contributed by atoms with Gasteiger partial charge in [-0.2, -0.15) is 0 Å². The molecule has 3 aliphatic rings. The van der Waals surface area contributed by atoms with Crippen molar-refractivity contribution in [3.8, 4) is 33.4 Å². The van der Waals surface area contributed by atoms with E-state index < -0.39 is 0 Å². The van der Waals surface area contributed by atoms with Crippen molar-refractivity contribution in [1.29, 1.82) is 0 Å². The van der Waals surface area contributed by atoms with Gasteiger partial charge >= 0.3 is 0 Å². The zero-order chi connectivity index (χ0) is 45.0. The summed E-state index contributed by atoms with van der Waals surface area (Å²) in [5.74, 6) is 0. The Balaban J connectivity index is 1.18.